The highest BCUT2D eigenvalue weighted by Gasteiger charge is 2.42. The maximum Gasteiger partial charge on any atom is 0.417 e. The molecule has 0 unspecified atom stereocenters. The summed E-state index contributed by atoms with van der Waals surface area (Å²) in [5.41, 5.74) is 4.09. The summed E-state index contributed by atoms with van der Waals surface area (Å²) < 4.78 is 46.1. The molecule has 0 radical (unpaired) electrons. The lowest BCUT2D eigenvalue weighted by Gasteiger charge is -2.42. The van der Waals surface area contributed by atoms with Crippen LogP contribution < -0.4 is 10.5 Å². The molecule has 0 bridgehead atoms. The third-order valence-corrected chi connectivity index (χ3v) is 6.06. The normalized spacial score (nSPS) is 19.0. The Morgan fingerprint density at radius 2 is 1.94 bits per heavy atom. The number of rotatable bonds is 6. The first-order valence-electron chi connectivity index (χ1n) is 10.1. The van der Waals surface area contributed by atoms with Gasteiger partial charge >= 0.3 is 6.18 Å². The Morgan fingerprint density at radius 1 is 1.22 bits per heavy atom. The fourth-order valence-corrected chi connectivity index (χ4v) is 4.21. The minimum atomic E-state index is -4.65. The lowest BCUT2D eigenvalue weighted by atomic mass is 9.77. The summed E-state index contributed by atoms with van der Waals surface area (Å²) in [5.74, 6) is -0.749. The number of hydrogen-bond acceptors (Lipinski definition) is 3. The molecule has 2 N–H and O–H groups in total. The summed E-state index contributed by atoms with van der Waals surface area (Å²) in [5, 5.41) is 0.585. The molecule has 1 atom stereocenters. The number of aryl methyl sites for hydroxylation is 1. The molecule has 0 aliphatic carbocycles. The zero-order valence-corrected chi connectivity index (χ0v) is 18.3. The summed E-state index contributed by atoms with van der Waals surface area (Å²) >= 11 is 6.04. The molecular formula is C23H24ClF3N2O3. The number of hydrogen-bond donors (Lipinski definition) is 1. The quantitative estimate of drug-likeness (QED) is 0.659. The van der Waals surface area contributed by atoms with Gasteiger partial charge in [-0.25, -0.2) is 0 Å². The van der Waals surface area contributed by atoms with Crippen LogP contribution in [0, 0.1) is 12.3 Å². The van der Waals surface area contributed by atoms with Crippen molar-refractivity contribution in [3.8, 4) is 5.75 Å². The fourth-order valence-electron chi connectivity index (χ4n) is 4.09. The first-order valence-corrected chi connectivity index (χ1v) is 10.5. The molecule has 1 heterocycles. The van der Waals surface area contributed by atoms with Gasteiger partial charge in [0.05, 0.1) is 17.7 Å². The Labute approximate surface area is 189 Å². The van der Waals surface area contributed by atoms with Crippen LogP contribution in [0.2, 0.25) is 5.02 Å². The molecule has 2 aromatic carbocycles. The van der Waals surface area contributed by atoms with Crippen LogP contribution in [-0.2, 0) is 11.0 Å². The Morgan fingerprint density at radius 3 is 2.59 bits per heavy atom. The van der Waals surface area contributed by atoms with Gasteiger partial charge in [-0.15, -0.1) is 0 Å². The van der Waals surface area contributed by atoms with Gasteiger partial charge in [-0.1, -0.05) is 23.7 Å². The van der Waals surface area contributed by atoms with Crippen LogP contribution in [0.4, 0.5) is 13.2 Å². The van der Waals surface area contributed by atoms with Crippen molar-refractivity contribution in [2.75, 3.05) is 19.7 Å². The number of likely N-dealkylation sites (tertiary alicyclic amines) is 1. The highest BCUT2D eigenvalue weighted by Crippen LogP contribution is 2.37. The highest BCUT2D eigenvalue weighted by molar-refractivity contribution is 6.31. The van der Waals surface area contributed by atoms with E-state index in [9.17, 15) is 22.8 Å². The Hall–Kier alpha value is -2.74. The van der Waals surface area contributed by atoms with E-state index in [0.29, 0.717) is 23.6 Å². The predicted octanol–water partition coefficient (Wildman–Crippen LogP) is 4.84. The average Bonchev–Trinajstić information content (AvgIpc) is 2.73. The van der Waals surface area contributed by atoms with Crippen molar-refractivity contribution in [2.24, 2.45) is 11.1 Å². The van der Waals surface area contributed by atoms with Gasteiger partial charge in [-0.2, -0.15) is 13.2 Å². The number of halogens is 4. The van der Waals surface area contributed by atoms with Crippen molar-refractivity contribution in [1.82, 2.24) is 4.90 Å². The van der Waals surface area contributed by atoms with Crippen LogP contribution in [-0.4, -0.2) is 36.4 Å². The lowest BCUT2D eigenvalue weighted by Crippen LogP contribution is -2.50. The summed E-state index contributed by atoms with van der Waals surface area (Å²) in [6.45, 7) is 2.26. The number of benzene rings is 2. The van der Waals surface area contributed by atoms with E-state index < -0.39 is 34.5 Å². The Bertz CT molecular complexity index is 1010. The van der Waals surface area contributed by atoms with E-state index in [2.05, 4.69) is 0 Å². The number of piperidine rings is 1. The number of primary amides is 1. The molecule has 1 fully saturated rings. The van der Waals surface area contributed by atoms with Crippen LogP contribution in [0.3, 0.4) is 0 Å². The molecule has 0 saturated carbocycles. The molecule has 0 spiro atoms. The smallest absolute Gasteiger partial charge is 0.417 e. The van der Waals surface area contributed by atoms with Crippen molar-refractivity contribution in [3.05, 3.63) is 64.2 Å². The van der Waals surface area contributed by atoms with Crippen molar-refractivity contribution >= 4 is 23.4 Å². The molecule has 5 nitrogen and oxygen atoms in total. The van der Waals surface area contributed by atoms with Crippen LogP contribution in [0.15, 0.2) is 42.5 Å². The molecule has 9 heteroatoms. The average molecular weight is 469 g/mol. The SMILES string of the molecule is Cc1cc(OC[C@]2(CC(N)=O)CCCN(C(=O)c3ccccc3C(F)(F)F)C2)ccc1Cl. The van der Waals surface area contributed by atoms with Crippen LogP contribution in [0.1, 0.15) is 40.7 Å². The Kier molecular flexibility index (Phi) is 7.03. The minimum absolute atomic E-state index is 0.0513. The van der Waals surface area contributed by atoms with E-state index in [4.69, 9.17) is 22.1 Å². The standard InChI is InChI=1S/C23H24ClF3N2O3/c1-15-11-16(7-8-19(15)24)32-14-22(12-20(28)30)9-4-10-29(13-22)21(31)17-5-2-3-6-18(17)23(25,26)27/h2-3,5-8,11H,4,9-10,12-14H2,1H3,(H2,28,30)/t22-/m0/s1. The third-order valence-electron chi connectivity index (χ3n) is 5.64. The second kappa shape index (κ2) is 9.40. The number of nitrogens with zero attached hydrogens (tertiary/aromatic N) is 1. The van der Waals surface area contributed by atoms with E-state index in [1.54, 1.807) is 18.2 Å². The second-order valence-corrected chi connectivity index (χ2v) is 8.62. The number of alkyl halides is 3. The van der Waals surface area contributed by atoms with E-state index in [0.717, 1.165) is 11.6 Å². The highest BCUT2D eigenvalue weighted by atomic mass is 35.5. The molecule has 1 aliphatic heterocycles. The third kappa shape index (κ3) is 5.54. The zero-order valence-electron chi connectivity index (χ0n) is 17.5. The number of carbonyl (C=O) groups is 2. The van der Waals surface area contributed by atoms with Gasteiger partial charge < -0.3 is 15.4 Å². The van der Waals surface area contributed by atoms with Crippen LogP contribution >= 0.6 is 11.6 Å². The molecule has 3 rings (SSSR count). The van der Waals surface area contributed by atoms with Gasteiger partial charge in [-0.05, 0) is 55.7 Å². The van der Waals surface area contributed by atoms with Gasteiger partial charge in [0.25, 0.3) is 5.91 Å². The number of ether oxygens (including phenoxy) is 1. The molecule has 32 heavy (non-hydrogen) atoms. The van der Waals surface area contributed by atoms with E-state index >= 15 is 0 Å². The largest absolute Gasteiger partial charge is 0.493 e. The van der Waals surface area contributed by atoms with Gasteiger partial charge in [0, 0.05) is 29.9 Å². The zero-order chi connectivity index (χ0) is 23.5. The van der Waals surface area contributed by atoms with Crippen LogP contribution in [0.25, 0.3) is 0 Å². The first-order chi connectivity index (χ1) is 15.0. The maximum atomic E-state index is 13.4. The summed E-state index contributed by atoms with van der Waals surface area (Å²) in [4.78, 5) is 26.2. The number of carbonyl (C=O) groups excluding carboxylic acids is 2. The lowest BCUT2D eigenvalue weighted by molar-refractivity contribution is -0.138. The van der Waals surface area contributed by atoms with Gasteiger partial charge in [0.1, 0.15) is 5.75 Å². The fraction of sp³-hybridized carbons (Fsp3) is 0.391. The number of amides is 2. The monoisotopic (exact) mass is 468 g/mol. The summed E-state index contributed by atoms with van der Waals surface area (Å²) in [7, 11) is 0. The van der Waals surface area contributed by atoms with Crippen molar-refractivity contribution in [1.29, 1.82) is 0 Å². The van der Waals surface area contributed by atoms with Crippen molar-refractivity contribution in [3.63, 3.8) is 0 Å². The maximum absolute atomic E-state index is 13.4. The first kappa shape index (κ1) is 23.9. The topological polar surface area (TPSA) is 72.6 Å². The minimum Gasteiger partial charge on any atom is -0.493 e. The molecule has 2 amide bonds. The molecule has 172 valence electrons. The predicted molar refractivity (Wildman–Crippen MR) is 115 cm³/mol. The molecular weight excluding hydrogens is 445 g/mol. The molecule has 0 aromatic heterocycles. The number of nitrogens with two attached hydrogens (primary N) is 1. The van der Waals surface area contributed by atoms with Crippen molar-refractivity contribution < 1.29 is 27.5 Å². The summed E-state index contributed by atoms with van der Waals surface area (Å²) in [6, 6.07) is 9.84. The molecule has 2 aromatic rings. The van der Waals surface area contributed by atoms with Crippen LogP contribution in [0.5, 0.6) is 5.75 Å². The van der Waals surface area contributed by atoms with Gasteiger partial charge in [0.15, 0.2) is 0 Å². The molecule has 1 aliphatic rings. The van der Waals surface area contributed by atoms with E-state index in [1.165, 1.54) is 23.1 Å². The van der Waals surface area contributed by atoms with Gasteiger partial charge in [-0.3, -0.25) is 9.59 Å². The summed E-state index contributed by atoms with van der Waals surface area (Å²) in [6.07, 6.45) is -3.64. The second-order valence-electron chi connectivity index (χ2n) is 8.22. The van der Waals surface area contributed by atoms with Gasteiger partial charge in [0.2, 0.25) is 5.91 Å². The van der Waals surface area contributed by atoms with Crippen molar-refractivity contribution in [2.45, 2.75) is 32.4 Å². The Balaban J connectivity index is 1.84. The molecule has 1 saturated heterocycles. The van der Waals surface area contributed by atoms with E-state index in [-0.39, 0.29) is 26.1 Å². The van der Waals surface area contributed by atoms with E-state index in [1.807, 2.05) is 6.92 Å².